The van der Waals surface area contributed by atoms with Gasteiger partial charge in [-0.1, -0.05) is 19.1 Å². The second-order valence-corrected chi connectivity index (χ2v) is 6.49. The van der Waals surface area contributed by atoms with Crippen molar-refractivity contribution >= 4 is 17.8 Å². The maximum Gasteiger partial charge on any atom is 0.324 e. The fourth-order valence-corrected chi connectivity index (χ4v) is 3.44. The summed E-state index contributed by atoms with van der Waals surface area (Å²) >= 11 is 0. The Kier molecular flexibility index (Phi) is 3.95. The summed E-state index contributed by atoms with van der Waals surface area (Å²) in [5.74, 6) is 1.41. The van der Waals surface area contributed by atoms with Crippen molar-refractivity contribution in [2.45, 2.75) is 19.4 Å². The number of ether oxygens (including phenoxy) is 1. The monoisotopic (exact) mass is 353 g/mol. The Labute approximate surface area is 150 Å². The maximum atomic E-state index is 11.9. The number of carbonyl (C=O) groups excluding carboxylic acids is 2. The minimum atomic E-state index is -0.387. The summed E-state index contributed by atoms with van der Waals surface area (Å²) < 4.78 is 5.91. The van der Waals surface area contributed by atoms with Crippen molar-refractivity contribution in [1.29, 1.82) is 0 Å². The highest BCUT2D eigenvalue weighted by Crippen LogP contribution is 2.34. The Balaban J connectivity index is 1.57. The van der Waals surface area contributed by atoms with E-state index >= 15 is 0 Å². The van der Waals surface area contributed by atoms with E-state index in [4.69, 9.17) is 4.74 Å². The van der Waals surface area contributed by atoms with E-state index < -0.39 is 0 Å². The SMILES string of the molecule is CC1C(=O)NC(=O)N(C)C1c1ccc(Oc2ncnc3c2CCN3)cc1. The van der Waals surface area contributed by atoms with Crippen LogP contribution in [0.15, 0.2) is 30.6 Å². The first kappa shape index (κ1) is 16.3. The van der Waals surface area contributed by atoms with Crippen molar-refractivity contribution in [1.82, 2.24) is 20.2 Å². The van der Waals surface area contributed by atoms with Gasteiger partial charge in [-0.05, 0) is 24.1 Å². The third kappa shape index (κ3) is 2.73. The lowest BCUT2D eigenvalue weighted by Gasteiger charge is -2.36. The Morgan fingerprint density at radius 1 is 1.19 bits per heavy atom. The zero-order valence-corrected chi connectivity index (χ0v) is 14.5. The summed E-state index contributed by atoms with van der Waals surface area (Å²) in [6, 6.07) is 6.70. The van der Waals surface area contributed by atoms with Gasteiger partial charge in [0.2, 0.25) is 11.8 Å². The highest BCUT2D eigenvalue weighted by molar-refractivity contribution is 5.98. The molecule has 1 aromatic heterocycles. The zero-order chi connectivity index (χ0) is 18.3. The molecule has 2 aromatic rings. The molecule has 8 heteroatoms. The molecule has 0 aliphatic carbocycles. The summed E-state index contributed by atoms with van der Waals surface area (Å²) in [5.41, 5.74) is 1.85. The molecule has 26 heavy (non-hydrogen) atoms. The number of anilines is 1. The van der Waals surface area contributed by atoms with Gasteiger partial charge in [-0.25, -0.2) is 14.8 Å². The van der Waals surface area contributed by atoms with E-state index in [0.29, 0.717) is 11.6 Å². The molecule has 0 spiro atoms. The van der Waals surface area contributed by atoms with E-state index in [9.17, 15) is 9.59 Å². The van der Waals surface area contributed by atoms with Crippen molar-refractivity contribution in [3.05, 3.63) is 41.7 Å². The smallest absolute Gasteiger partial charge is 0.324 e. The number of imide groups is 1. The van der Waals surface area contributed by atoms with Crippen LogP contribution in [-0.4, -0.2) is 40.4 Å². The Bertz CT molecular complexity index is 848. The average molecular weight is 353 g/mol. The van der Waals surface area contributed by atoms with E-state index in [-0.39, 0.29) is 23.9 Å². The van der Waals surface area contributed by atoms with Gasteiger partial charge in [0.05, 0.1) is 17.5 Å². The molecule has 0 radical (unpaired) electrons. The maximum absolute atomic E-state index is 11.9. The number of urea groups is 1. The molecule has 0 bridgehead atoms. The highest BCUT2D eigenvalue weighted by atomic mass is 16.5. The molecule has 2 N–H and O–H groups in total. The number of hydrogen-bond acceptors (Lipinski definition) is 6. The number of hydrogen-bond donors (Lipinski definition) is 2. The molecule has 4 rings (SSSR count). The largest absolute Gasteiger partial charge is 0.439 e. The van der Waals surface area contributed by atoms with Gasteiger partial charge in [0, 0.05) is 13.6 Å². The van der Waals surface area contributed by atoms with Gasteiger partial charge in [0.1, 0.15) is 17.9 Å². The Morgan fingerprint density at radius 2 is 1.96 bits per heavy atom. The molecule has 1 aromatic carbocycles. The fraction of sp³-hybridized carbons (Fsp3) is 0.333. The van der Waals surface area contributed by atoms with Crippen molar-refractivity contribution in [2.24, 2.45) is 5.92 Å². The number of benzene rings is 1. The van der Waals surface area contributed by atoms with Crippen LogP contribution in [0.4, 0.5) is 10.6 Å². The average Bonchev–Trinajstić information content (AvgIpc) is 3.11. The molecule has 2 aliphatic rings. The molecule has 8 nitrogen and oxygen atoms in total. The fourth-order valence-electron chi connectivity index (χ4n) is 3.44. The molecule has 3 amide bonds. The van der Waals surface area contributed by atoms with Crippen LogP contribution in [0.3, 0.4) is 0 Å². The second-order valence-electron chi connectivity index (χ2n) is 6.49. The molecule has 2 unspecified atom stereocenters. The van der Waals surface area contributed by atoms with Gasteiger partial charge in [-0.3, -0.25) is 10.1 Å². The zero-order valence-electron chi connectivity index (χ0n) is 14.5. The van der Waals surface area contributed by atoms with Crippen LogP contribution < -0.4 is 15.4 Å². The van der Waals surface area contributed by atoms with Crippen LogP contribution in [0, 0.1) is 5.92 Å². The molecule has 2 aliphatic heterocycles. The summed E-state index contributed by atoms with van der Waals surface area (Å²) in [6.07, 6.45) is 2.30. The summed E-state index contributed by atoms with van der Waals surface area (Å²) in [6.45, 7) is 2.63. The van der Waals surface area contributed by atoms with Crippen LogP contribution in [-0.2, 0) is 11.2 Å². The molecule has 3 heterocycles. The van der Waals surface area contributed by atoms with Gasteiger partial charge in [-0.2, -0.15) is 0 Å². The first-order valence-corrected chi connectivity index (χ1v) is 8.48. The quantitative estimate of drug-likeness (QED) is 0.877. The lowest BCUT2D eigenvalue weighted by Crippen LogP contribution is -2.53. The third-order valence-electron chi connectivity index (χ3n) is 4.86. The van der Waals surface area contributed by atoms with E-state index in [1.165, 1.54) is 6.33 Å². The van der Waals surface area contributed by atoms with Gasteiger partial charge in [0.25, 0.3) is 0 Å². The molecule has 0 saturated carbocycles. The predicted octanol–water partition coefficient (Wildman–Crippen LogP) is 2.10. The van der Waals surface area contributed by atoms with Crippen molar-refractivity contribution in [3.8, 4) is 11.6 Å². The molecule has 1 saturated heterocycles. The first-order valence-electron chi connectivity index (χ1n) is 8.48. The predicted molar refractivity (Wildman–Crippen MR) is 93.9 cm³/mol. The van der Waals surface area contributed by atoms with Crippen molar-refractivity contribution in [2.75, 3.05) is 18.9 Å². The molecule has 134 valence electrons. The van der Waals surface area contributed by atoms with Crippen LogP contribution >= 0.6 is 0 Å². The van der Waals surface area contributed by atoms with E-state index in [0.717, 1.165) is 29.9 Å². The molecule has 1 fully saturated rings. The number of nitrogens with zero attached hydrogens (tertiary/aromatic N) is 3. The Hall–Kier alpha value is -3.16. The lowest BCUT2D eigenvalue weighted by atomic mass is 9.91. The molecular formula is C18H19N5O3. The van der Waals surface area contributed by atoms with E-state index in [1.807, 2.05) is 31.2 Å². The van der Waals surface area contributed by atoms with Gasteiger partial charge in [0.15, 0.2) is 0 Å². The third-order valence-corrected chi connectivity index (χ3v) is 4.86. The topological polar surface area (TPSA) is 96.5 Å². The normalized spacial score (nSPS) is 21.8. The Morgan fingerprint density at radius 3 is 2.73 bits per heavy atom. The number of rotatable bonds is 3. The second kappa shape index (κ2) is 6.29. The summed E-state index contributed by atoms with van der Waals surface area (Å²) in [4.78, 5) is 33.8. The van der Waals surface area contributed by atoms with Crippen LogP contribution in [0.5, 0.6) is 11.6 Å². The van der Waals surface area contributed by atoms with Gasteiger partial charge in [-0.15, -0.1) is 0 Å². The van der Waals surface area contributed by atoms with E-state index in [1.54, 1.807) is 11.9 Å². The highest BCUT2D eigenvalue weighted by Gasteiger charge is 2.37. The number of nitrogens with one attached hydrogen (secondary N) is 2. The van der Waals surface area contributed by atoms with Gasteiger partial charge >= 0.3 is 6.03 Å². The number of fused-ring (bicyclic) bond motifs is 1. The van der Waals surface area contributed by atoms with E-state index in [2.05, 4.69) is 20.6 Å². The minimum Gasteiger partial charge on any atom is -0.439 e. The van der Waals surface area contributed by atoms with Crippen LogP contribution in [0.25, 0.3) is 0 Å². The number of aromatic nitrogens is 2. The van der Waals surface area contributed by atoms with Crippen molar-refractivity contribution < 1.29 is 14.3 Å². The number of carbonyl (C=O) groups is 2. The molecule has 2 atom stereocenters. The summed E-state index contributed by atoms with van der Waals surface area (Å²) in [7, 11) is 1.69. The van der Waals surface area contributed by atoms with Crippen molar-refractivity contribution in [3.63, 3.8) is 0 Å². The first-order chi connectivity index (χ1) is 12.5. The summed E-state index contributed by atoms with van der Waals surface area (Å²) in [5, 5.41) is 5.54. The molecular weight excluding hydrogens is 334 g/mol. The lowest BCUT2D eigenvalue weighted by molar-refractivity contribution is -0.127. The van der Waals surface area contributed by atoms with Gasteiger partial charge < -0.3 is 15.0 Å². The minimum absolute atomic E-state index is 0.262. The van der Waals surface area contributed by atoms with Crippen LogP contribution in [0.1, 0.15) is 24.1 Å². The standard InChI is InChI=1S/C18H19N5O3/c1-10-14(23(2)18(25)22-16(10)24)11-3-5-12(6-4-11)26-17-13-7-8-19-15(13)20-9-21-17/h3-6,9-10,14H,7-8H2,1-2H3,(H,19,20,21)(H,22,24,25). The van der Waals surface area contributed by atoms with Crippen LogP contribution in [0.2, 0.25) is 0 Å². The number of amides is 3.